The topological polar surface area (TPSA) is 32.3 Å². The van der Waals surface area contributed by atoms with Gasteiger partial charge in [-0.1, -0.05) is 36.4 Å². The van der Waals surface area contributed by atoms with Crippen molar-refractivity contribution in [2.45, 2.75) is 19.4 Å². The van der Waals surface area contributed by atoms with Gasteiger partial charge in [-0.05, 0) is 37.1 Å². The number of amides is 1. The summed E-state index contributed by atoms with van der Waals surface area (Å²) >= 11 is 0. The summed E-state index contributed by atoms with van der Waals surface area (Å²) in [6.07, 6.45) is 1.01. The largest absolute Gasteiger partial charge is 0.359 e. The smallest absolute Gasteiger partial charge is 0.243 e. The molecule has 0 bridgehead atoms. The molecular weight excluding hydrogens is 248 g/mol. The van der Waals surface area contributed by atoms with Crippen LogP contribution < -0.4 is 10.2 Å². The molecule has 0 saturated heterocycles. The van der Waals surface area contributed by atoms with Gasteiger partial charge < -0.3 is 10.2 Å². The van der Waals surface area contributed by atoms with Gasteiger partial charge in [0.2, 0.25) is 5.91 Å². The number of nitrogens with zero attached hydrogens (tertiary/aromatic N) is 1. The van der Waals surface area contributed by atoms with Gasteiger partial charge in [-0.2, -0.15) is 0 Å². The Morgan fingerprint density at radius 2 is 1.85 bits per heavy atom. The van der Waals surface area contributed by atoms with Gasteiger partial charge in [-0.25, -0.2) is 0 Å². The normalized spacial score (nSPS) is 16.9. The highest BCUT2D eigenvalue weighted by atomic mass is 16.2. The van der Waals surface area contributed by atoms with Gasteiger partial charge in [0.1, 0.15) is 0 Å². The molecule has 1 aliphatic rings. The first-order valence-electron chi connectivity index (χ1n) is 6.93. The molecule has 3 nitrogen and oxygen atoms in total. The van der Waals surface area contributed by atoms with Gasteiger partial charge in [-0.3, -0.25) is 4.79 Å². The monoisotopic (exact) mass is 266 g/mol. The molecule has 20 heavy (non-hydrogen) atoms. The van der Waals surface area contributed by atoms with Crippen molar-refractivity contribution in [1.82, 2.24) is 0 Å². The zero-order chi connectivity index (χ0) is 13.9. The summed E-state index contributed by atoms with van der Waals surface area (Å²) in [5.74, 6) is 0.0275. The Morgan fingerprint density at radius 1 is 1.15 bits per heavy atom. The highest BCUT2D eigenvalue weighted by molar-refractivity contribution is 5.94. The first-order valence-corrected chi connectivity index (χ1v) is 6.93. The van der Waals surface area contributed by atoms with E-state index in [2.05, 4.69) is 35.3 Å². The number of para-hydroxylation sites is 2. The second kappa shape index (κ2) is 5.37. The lowest BCUT2D eigenvalue weighted by Gasteiger charge is -2.24. The molecule has 0 aliphatic carbocycles. The van der Waals surface area contributed by atoms with Crippen molar-refractivity contribution in [2.75, 3.05) is 16.8 Å². The molecule has 1 N–H and O–H groups in total. The lowest BCUT2D eigenvalue weighted by Crippen LogP contribution is -2.37. The van der Waals surface area contributed by atoms with Crippen molar-refractivity contribution in [1.29, 1.82) is 0 Å². The number of fused-ring (bicyclic) bond motifs is 1. The molecule has 0 radical (unpaired) electrons. The summed E-state index contributed by atoms with van der Waals surface area (Å²) in [5, 5.41) is 2.94. The molecule has 3 heteroatoms. The van der Waals surface area contributed by atoms with E-state index in [1.807, 2.05) is 36.4 Å². The third-order valence-corrected chi connectivity index (χ3v) is 3.72. The maximum Gasteiger partial charge on any atom is 0.243 e. The minimum atomic E-state index is 0.0275. The van der Waals surface area contributed by atoms with Crippen molar-refractivity contribution in [3.05, 3.63) is 60.2 Å². The first-order chi connectivity index (χ1) is 9.74. The van der Waals surface area contributed by atoms with Crippen molar-refractivity contribution in [2.24, 2.45) is 0 Å². The van der Waals surface area contributed by atoms with Crippen LogP contribution in [0.1, 0.15) is 12.5 Å². The minimum Gasteiger partial charge on any atom is -0.359 e. The second-order valence-electron chi connectivity index (χ2n) is 5.22. The van der Waals surface area contributed by atoms with Crippen molar-refractivity contribution in [3.63, 3.8) is 0 Å². The fourth-order valence-electron chi connectivity index (χ4n) is 2.75. The van der Waals surface area contributed by atoms with E-state index < -0.39 is 0 Å². The Morgan fingerprint density at radius 3 is 2.65 bits per heavy atom. The third kappa shape index (κ3) is 2.52. The average molecular weight is 266 g/mol. The van der Waals surface area contributed by atoms with E-state index >= 15 is 0 Å². The molecule has 3 rings (SSSR count). The van der Waals surface area contributed by atoms with Gasteiger partial charge in [-0.15, -0.1) is 0 Å². The zero-order valence-corrected chi connectivity index (χ0v) is 11.5. The Hall–Kier alpha value is -2.29. The molecule has 0 aromatic heterocycles. The lowest BCUT2D eigenvalue weighted by atomic mass is 10.1. The fourth-order valence-corrected chi connectivity index (χ4v) is 2.75. The Labute approximate surface area is 119 Å². The number of anilines is 2. The summed E-state index contributed by atoms with van der Waals surface area (Å²) in [6.45, 7) is 2.56. The van der Waals surface area contributed by atoms with Gasteiger partial charge in [0.15, 0.2) is 0 Å². The van der Waals surface area contributed by atoms with E-state index in [0.717, 1.165) is 12.1 Å². The van der Waals surface area contributed by atoms with Gasteiger partial charge >= 0.3 is 0 Å². The standard InChI is InChI=1S/C17H18N2O/c1-13-11-14-7-5-6-10-16(14)19(13)12-17(20)18-15-8-3-2-4-9-15/h2-10,13H,11-12H2,1H3,(H,18,20). The zero-order valence-electron chi connectivity index (χ0n) is 11.5. The lowest BCUT2D eigenvalue weighted by molar-refractivity contribution is -0.115. The van der Waals surface area contributed by atoms with Crippen LogP contribution in [0.15, 0.2) is 54.6 Å². The third-order valence-electron chi connectivity index (χ3n) is 3.72. The first kappa shape index (κ1) is 12.7. The van der Waals surface area contributed by atoms with E-state index in [9.17, 15) is 4.79 Å². The number of nitrogens with one attached hydrogen (secondary N) is 1. The van der Waals surface area contributed by atoms with Crippen LogP contribution in [0.3, 0.4) is 0 Å². The predicted molar refractivity (Wildman–Crippen MR) is 82.0 cm³/mol. The van der Waals surface area contributed by atoms with E-state index in [0.29, 0.717) is 12.6 Å². The number of hydrogen-bond acceptors (Lipinski definition) is 2. The predicted octanol–water partition coefficient (Wildman–Crippen LogP) is 3.08. The van der Waals surface area contributed by atoms with Crippen molar-refractivity contribution < 1.29 is 4.79 Å². The van der Waals surface area contributed by atoms with Crippen LogP contribution in [0.5, 0.6) is 0 Å². The highest BCUT2D eigenvalue weighted by Crippen LogP contribution is 2.31. The second-order valence-corrected chi connectivity index (χ2v) is 5.22. The number of carbonyl (C=O) groups is 1. The van der Waals surface area contributed by atoms with Crippen LogP contribution in [0.2, 0.25) is 0 Å². The average Bonchev–Trinajstić information content (AvgIpc) is 2.76. The van der Waals surface area contributed by atoms with E-state index in [1.165, 1.54) is 11.3 Å². The summed E-state index contributed by atoms with van der Waals surface area (Å²) in [4.78, 5) is 14.3. The Bertz CT molecular complexity index is 609. The van der Waals surface area contributed by atoms with Crippen LogP contribution in [-0.2, 0) is 11.2 Å². The molecule has 1 unspecified atom stereocenters. The van der Waals surface area contributed by atoms with E-state index in [4.69, 9.17) is 0 Å². The van der Waals surface area contributed by atoms with Crippen LogP contribution in [0.4, 0.5) is 11.4 Å². The van der Waals surface area contributed by atoms with Crippen LogP contribution in [0.25, 0.3) is 0 Å². The molecule has 1 heterocycles. The molecule has 1 aliphatic heterocycles. The fraction of sp³-hybridized carbons (Fsp3) is 0.235. The molecule has 1 atom stereocenters. The van der Waals surface area contributed by atoms with Crippen LogP contribution >= 0.6 is 0 Å². The molecule has 0 fully saturated rings. The molecule has 0 spiro atoms. The number of hydrogen-bond donors (Lipinski definition) is 1. The van der Waals surface area contributed by atoms with Gasteiger partial charge in [0.25, 0.3) is 0 Å². The molecule has 0 saturated carbocycles. The highest BCUT2D eigenvalue weighted by Gasteiger charge is 2.26. The number of benzene rings is 2. The SMILES string of the molecule is CC1Cc2ccccc2N1CC(=O)Nc1ccccc1. The Kier molecular flexibility index (Phi) is 3.42. The summed E-state index contributed by atoms with van der Waals surface area (Å²) in [5.41, 5.74) is 3.35. The minimum absolute atomic E-state index is 0.0275. The van der Waals surface area contributed by atoms with Gasteiger partial charge in [0, 0.05) is 17.4 Å². The number of rotatable bonds is 3. The van der Waals surface area contributed by atoms with Crippen molar-refractivity contribution >= 4 is 17.3 Å². The summed E-state index contributed by atoms with van der Waals surface area (Å²) in [7, 11) is 0. The van der Waals surface area contributed by atoms with Crippen molar-refractivity contribution in [3.8, 4) is 0 Å². The molecule has 2 aromatic carbocycles. The molecular formula is C17H18N2O. The van der Waals surface area contributed by atoms with Crippen LogP contribution in [-0.4, -0.2) is 18.5 Å². The van der Waals surface area contributed by atoms with Crippen LogP contribution in [0, 0.1) is 0 Å². The maximum atomic E-state index is 12.2. The molecule has 1 amide bonds. The number of carbonyl (C=O) groups excluding carboxylic acids is 1. The Balaban J connectivity index is 1.70. The van der Waals surface area contributed by atoms with E-state index in [-0.39, 0.29) is 5.91 Å². The quantitative estimate of drug-likeness (QED) is 0.926. The summed E-state index contributed by atoms with van der Waals surface area (Å²) < 4.78 is 0. The molecule has 2 aromatic rings. The van der Waals surface area contributed by atoms with Gasteiger partial charge in [0.05, 0.1) is 6.54 Å². The summed E-state index contributed by atoms with van der Waals surface area (Å²) in [6, 6.07) is 18.3. The maximum absolute atomic E-state index is 12.2. The van der Waals surface area contributed by atoms with E-state index in [1.54, 1.807) is 0 Å². The molecule has 102 valence electrons.